The van der Waals surface area contributed by atoms with Crippen LogP contribution in [0.1, 0.15) is 12.0 Å². The Balaban J connectivity index is 1.35. The number of hydrogen-bond donors (Lipinski definition) is 1. The highest BCUT2D eigenvalue weighted by Gasteiger charge is 2.31. The standard InChI is InChI=1S/C21H22F3N5OS2/c1-28(2)19-18-16(8-10-32-18)26-20(27-19)25-14-7-9-29(12-14)17(31)11-13-3-5-15(6-4-13)30-21(22,23)24/h3-6,8,10,14H,7,9,11-12H2,1-2H3,(H,25,26,27)/t14-/m0/s1. The Morgan fingerprint density at radius 1 is 1.25 bits per heavy atom. The normalized spacial score (nSPS) is 16.4. The number of alkyl halides is 3. The molecular formula is C21H22F3N5OS2. The average molecular weight is 482 g/mol. The summed E-state index contributed by atoms with van der Waals surface area (Å²) in [4.78, 5) is 14.2. The molecule has 0 amide bonds. The molecule has 0 radical (unpaired) electrons. The molecule has 1 aliphatic heterocycles. The van der Waals surface area contributed by atoms with Gasteiger partial charge in [0, 0.05) is 39.6 Å². The summed E-state index contributed by atoms with van der Waals surface area (Å²) < 4.78 is 41.9. The molecule has 3 heterocycles. The smallest absolute Gasteiger partial charge is 0.406 e. The summed E-state index contributed by atoms with van der Waals surface area (Å²) in [5.41, 5.74) is 1.75. The van der Waals surface area contributed by atoms with Crippen molar-refractivity contribution in [3.05, 3.63) is 41.3 Å². The number of thiocarbonyl (C=S) groups is 1. The van der Waals surface area contributed by atoms with E-state index in [0.717, 1.165) is 46.1 Å². The molecule has 0 unspecified atom stereocenters. The molecule has 11 heteroatoms. The fourth-order valence-electron chi connectivity index (χ4n) is 3.60. The number of nitrogens with one attached hydrogen (secondary N) is 1. The van der Waals surface area contributed by atoms with Gasteiger partial charge >= 0.3 is 6.36 Å². The summed E-state index contributed by atoms with van der Waals surface area (Å²) >= 11 is 7.21. The molecule has 0 saturated carbocycles. The van der Waals surface area contributed by atoms with Gasteiger partial charge in [-0.1, -0.05) is 24.4 Å². The molecular weight excluding hydrogens is 459 g/mol. The largest absolute Gasteiger partial charge is 0.573 e. The predicted molar refractivity (Wildman–Crippen MR) is 125 cm³/mol. The second-order valence-electron chi connectivity index (χ2n) is 7.74. The topological polar surface area (TPSA) is 53.5 Å². The van der Waals surface area contributed by atoms with E-state index in [0.29, 0.717) is 12.4 Å². The molecule has 0 aliphatic carbocycles. The van der Waals surface area contributed by atoms with E-state index < -0.39 is 6.36 Å². The van der Waals surface area contributed by atoms with Crippen LogP contribution < -0.4 is 15.0 Å². The van der Waals surface area contributed by atoms with Gasteiger partial charge in [-0.15, -0.1) is 24.5 Å². The van der Waals surface area contributed by atoms with Crippen molar-refractivity contribution in [2.75, 3.05) is 37.4 Å². The first kappa shape index (κ1) is 22.5. The molecule has 3 aromatic rings. The zero-order chi connectivity index (χ0) is 22.9. The van der Waals surface area contributed by atoms with Crippen LogP contribution in [-0.2, 0) is 6.42 Å². The van der Waals surface area contributed by atoms with E-state index in [2.05, 4.69) is 24.9 Å². The first-order valence-corrected chi connectivity index (χ1v) is 11.3. The number of nitrogens with zero attached hydrogens (tertiary/aromatic N) is 4. The van der Waals surface area contributed by atoms with E-state index in [-0.39, 0.29) is 11.8 Å². The van der Waals surface area contributed by atoms with Gasteiger partial charge < -0.3 is 19.9 Å². The third kappa shape index (κ3) is 5.39. The monoisotopic (exact) mass is 481 g/mol. The number of likely N-dealkylation sites (tertiary alicyclic amines) is 1. The molecule has 4 rings (SSSR count). The van der Waals surface area contributed by atoms with E-state index >= 15 is 0 Å². The Kier molecular flexibility index (Phi) is 6.38. The van der Waals surface area contributed by atoms with Crippen LogP contribution in [0.3, 0.4) is 0 Å². The zero-order valence-electron chi connectivity index (χ0n) is 17.5. The number of benzene rings is 1. The van der Waals surface area contributed by atoms with Gasteiger partial charge in [-0.25, -0.2) is 4.98 Å². The zero-order valence-corrected chi connectivity index (χ0v) is 19.2. The number of hydrogen-bond acceptors (Lipinski definition) is 7. The molecule has 1 N–H and O–H groups in total. The van der Waals surface area contributed by atoms with Crippen molar-refractivity contribution in [1.82, 2.24) is 14.9 Å². The van der Waals surface area contributed by atoms with Gasteiger partial charge in [0.05, 0.1) is 15.2 Å². The van der Waals surface area contributed by atoms with Gasteiger partial charge in [0.15, 0.2) is 5.82 Å². The molecule has 1 aliphatic rings. The van der Waals surface area contributed by atoms with Crippen LogP contribution in [0.2, 0.25) is 0 Å². The highest BCUT2D eigenvalue weighted by Crippen LogP contribution is 2.29. The third-order valence-electron chi connectivity index (χ3n) is 5.10. The van der Waals surface area contributed by atoms with Gasteiger partial charge in [-0.2, -0.15) is 4.98 Å². The maximum absolute atomic E-state index is 12.3. The van der Waals surface area contributed by atoms with Crippen molar-refractivity contribution in [2.45, 2.75) is 25.2 Å². The molecule has 1 atom stereocenters. The minimum atomic E-state index is -4.70. The molecule has 2 aromatic heterocycles. The molecule has 1 saturated heterocycles. The maximum atomic E-state index is 12.3. The summed E-state index contributed by atoms with van der Waals surface area (Å²) in [6, 6.07) is 7.96. The Bertz CT molecular complexity index is 1100. The van der Waals surface area contributed by atoms with Crippen molar-refractivity contribution in [1.29, 1.82) is 0 Å². The summed E-state index contributed by atoms with van der Waals surface area (Å²) in [5.74, 6) is 1.24. The number of fused-ring (bicyclic) bond motifs is 1. The summed E-state index contributed by atoms with van der Waals surface area (Å²) in [5, 5.41) is 5.43. The third-order valence-corrected chi connectivity index (χ3v) is 6.40. The maximum Gasteiger partial charge on any atom is 0.573 e. The van der Waals surface area contributed by atoms with E-state index in [9.17, 15) is 13.2 Å². The number of halogens is 3. The van der Waals surface area contributed by atoms with Crippen molar-refractivity contribution in [3.8, 4) is 5.75 Å². The number of aromatic nitrogens is 2. The lowest BCUT2D eigenvalue weighted by Gasteiger charge is -2.20. The van der Waals surface area contributed by atoms with Gasteiger partial charge in [0.1, 0.15) is 5.75 Å². The van der Waals surface area contributed by atoms with Crippen LogP contribution in [-0.4, -0.2) is 59.4 Å². The van der Waals surface area contributed by atoms with Crippen molar-refractivity contribution >= 4 is 50.5 Å². The highest BCUT2D eigenvalue weighted by atomic mass is 32.1. The second-order valence-corrected chi connectivity index (χ2v) is 9.13. The van der Waals surface area contributed by atoms with Crippen LogP contribution in [0.25, 0.3) is 10.2 Å². The fraction of sp³-hybridized carbons (Fsp3) is 0.381. The van der Waals surface area contributed by atoms with Crippen LogP contribution in [0.4, 0.5) is 24.9 Å². The first-order chi connectivity index (χ1) is 15.2. The van der Waals surface area contributed by atoms with Crippen molar-refractivity contribution < 1.29 is 17.9 Å². The number of anilines is 2. The summed E-state index contributed by atoms with van der Waals surface area (Å²) in [6.45, 7) is 1.52. The van der Waals surface area contributed by atoms with Gasteiger partial charge in [0.2, 0.25) is 5.95 Å². The Morgan fingerprint density at radius 3 is 2.69 bits per heavy atom. The highest BCUT2D eigenvalue weighted by molar-refractivity contribution is 7.80. The van der Waals surface area contributed by atoms with Crippen molar-refractivity contribution in [3.63, 3.8) is 0 Å². The first-order valence-electron chi connectivity index (χ1n) is 9.99. The second kappa shape index (κ2) is 9.07. The number of ether oxygens (including phenoxy) is 1. The molecule has 6 nitrogen and oxygen atoms in total. The molecule has 1 fully saturated rings. The van der Waals surface area contributed by atoms with E-state index in [1.807, 2.05) is 30.4 Å². The number of rotatable bonds is 6. The predicted octanol–water partition coefficient (Wildman–Crippen LogP) is 4.71. The SMILES string of the molecule is CN(C)c1nc(N[C@H]2CCN(C(=S)Cc3ccc(OC(F)(F)F)cc3)C2)nc2ccsc12. The van der Waals surface area contributed by atoms with E-state index in [1.54, 1.807) is 23.5 Å². The Hall–Kier alpha value is -2.66. The minimum Gasteiger partial charge on any atom is -0.406 e. The van der Waals surface area contributed by atoms with Crippen LogP contribution in [0.5, 0.6) is 5.75 Å². The van der Waals surface area contributed by atoms with Gasteiger partial charge in [0.25, 0.3) is 0 Å². The fourth-order valence-corrected chi connectivity index (χ4v) is 4.83. The molecule has 0 bridgehead atoms. The Morgan fingerprint density at radius 2 is 2.00 bits per heavy atom. The summed E-state index contributed by atoms with van der Waals surface area (Å²) in [6.07, 6.45) is -3.32. The van der Waals surface area contributed by atoms with Gasteiger partial charge in [-0.3, -0.25) is 0 Å². The van der Waals surface area contributed by atoms with Crippen LogP contribution >= 0.6 is 23.6 Å². The summed E-state index contributed by atoms with van der Waals surface area (Å²) in [7, 11) is 3.92. The molecule has 1 aromatic carbocycles. The lowest BCUT2D eigenvalue weighted by atomic mass is 10.1. The lowest BCUT2D eigenvalue weighted by molar-refractivity contribution is -0.274. The molecule has 0 spiro atoms. The van der Waals surface area contributed by atoms with Gasteiger partial charge in [-0.05, 0) is 35.6 Å². The lowest BCUT2D eigenvalue weighted by Crippen LogP contribution is -2.31. The number of thiophene rings is 1. The van der Waals surface area contributed by atoms with E-state index in [1.165, 1.54) is 12.1 Å². The van der Waals surface area contributed by atoms with Crippen LogP contribution in [0, 0.1) is 0 Å². The minimum absolute atomic E-state index is 0.154. The van der Waals surface area contributed by atoms with E-state index in [4.69, 9.17) is 12.2 Å². The Labute approximate surface area is 193 Å². The molecule has 170 valence electrons. The van der Waals surface area contributed by atoms with Crippen molar-refractivity contribution in [2.24, 2.45) is 0 Å². The molecule has 32 heavy (non-hydrogen) atoms. The quantitative estimate of drug-likeness (QED) is 0.512. The van der Waals surface area contributed by atoms with Crippen LogP contribution in [0.15, 0.2) is 35.7 Å². The average Bonchev–Trinajstić information content (AvgIpc) is 3.37.